The normalized spacial score (nSPS) is 27.5. The number of carbonyl (C=O) groups excluding carboxylic acids is 1. The van der Waals surface area contributed by atoms with Crippen molar-refractivity contribution in [3.63, 3.8) is 0 Å². The molecular formula is C15H25F3N2O2. The molecule has 0 aromatic rings. The third-order valence-electron chi connectivity index (χ3n) is 4.32. The molecule has 0 aromatic heterocycles. The van der Waals surface area contributed by atoms with E-state index in [1.807, 2.05) is 0 Å². The van der Waals surface area contributed by atoms with Gasteiger partial charge in [-0.25, -0.2) is 4.79 Å². The third-order valence-corrected chi connectivity index (χ3v) is 4.32. The van der Waals surface area contributed by atoms with Gasteiger partial charge >= 0.3 is 12.3 Å². The van der Waals surface area contributed by atoms with Crippen molar-refractivity contribution in [1.82, 2.24) is 10.6 Å². The molecule has 0 bridgehead atoms. The third kappa shape index (κ3) is 4.27. The number of ether oxygens (including phenoxy) is 1. The lowest BCUT2D eigenvalue weighted by molar-refractivity contribution is -0.168. The van der Waals surface area contributed by atoms with Crippen LogP contribution in [0.1, 0.15) is 52.9 Å². The van der Waals surface area contributed by atoms with Gasteiger partial charge in [0.2, 0.25) is 0 Å². The molecule has 2 aliphatic carbocycles. The molecule has 2 N–H and O–H groups in total. The summed E-state index contributed by atoms with van der Waals surface area (Å²) in [6, 6.07) is -0.195. The summed E-state index contributed by atoms with van der Waals surface area (Å²) in [6.45, 7) is 5.66. The van der Waals surface area contributed by atoms with E-state index in [1.54, 1.807) is 20.8 Å². The monoisotopic (exact) mass is 322 g/mol. The number of halogens is 3. The molecule has 128 valence electrons. The fraction of sp³-hybridized carbons (Fsp3) is 0.933. The lowest BCUT2D eigenvalue weighted by Gasteiger charge is -2.29. The van der Waals surface area contributed by atoms with Crippen LogP contribution in [0.5, 0.6) is 0 Å². The molecular weight excluding hydrogens is 297 g/mol. The second-order valence-corrected chi connectivity index (χ2v) is 7.40. The van der Waals surface area contributed by atoms with Crippen LogP contribution in [0.15, 0.2) is 0 Å². The predicted octanol–water partition coefficient (Wildman–Crippen LogP) is 3.36. The van der Waals surface area contributed by atoms with Crippen LogP contribution < -0.4 is 10.6 Å². The lowest BCUT2D eigenvalue weighted by atomic mass is 10.0. The summed E-state index contributed by atoms with van der Waals surface area (Å²) in [4.78, 5) is 11.6. The summed E-state index contributed by atoms with van der Waals surface area (Å²) >= 11 is 0. The molecule has 0 saturated heterocycles. The van der Waals surface area contributed by atoms with E-state index >= 15 is 0 Å². The topological polar surface area (TPSA) is 50.4 Å². The van der Waals surface area contributed by atoms with Crippen LogP contribution in [0.25, 0.3) is 0 Å². The van der Waals surface area contributed by atoms with E-state index in [1.165, 1.54) is 0 Å². The molecule has 0 aromatic carbocycles. The summed E-state index contributed by atoms with van der Waals surface area (Å²) in [5.74, 6) is 0.0207. The molecule has 0 heterocycles. The smallest absolute Gasteiger partial charge is 0.407 e. The van der Waals surface area contributed by atoms with E-state index in [0.717, 1.165) is 19.3 Å². The maximum atomic E-state index is 13.0. The average molecular weight is 322 g/mol. The minimum Gasteiger partial charge on any atom is -0.444 e. The molecule has 0 spiro atoms. The zero-order valence-corrected chi connectivity index (χ0v) is 13.3. The Balaban J connectivity index is 1.83. The van der Waals surface area contributed by atoms with E-state index in [9.17, 15) is 18.0 Å². The van der Waals surface area contributed by atoms with Crippen molar-refractivity contribution in [1.29, 1.82) is 0 Å². The van der Waals surface area contributed by atoms with Crippen molar-refractivity contribution in [3.8, 4) is 0 Å². The van der Waals surface area contributed by atoms with Crippen molar-refractivity contribution in [2.24, 2.45) is 5.92 Å². The molecule has 2 fully saturated rings. The predicted molar refractivity (Wildman–Crippen MR) is 76.5 cm³/mol. The van der Waals surface area contributed by atoms with Gasteiger partial charge in [-0.1, -0.05) is 6.42 Å². The van der Waals surface area contributed by atoms with Crippen molar-refractivity contribution < 1.29 is 22.7 Å². The Bertz CT molecular complexity index is 414. The van der Waals surface area contributed by atoms with Gasteiger partial charge in [0.1, 0.15) is 11.1 Å². The molecule has 0 radical (unpaired) electrons. The zero-order valence-electron chi connectivity index (χ0n) is 13.3. The van der Waals surface area contributed by atoms with Crippen LogP contribution >= 0.6 is 0 Å². The van der Waals surface area contributed by atoms with Crippen molar-refractivity contribution in [2.45, 2.75) is 76.2 Å². The number of amides is 1. The van der Waals surface area contributed by atoms with Crippen LogP contribution in [-0.2, 0) is 4.74 Å². The summed E-state index contributed by atoms with van der Waals surface area (Å²) in [5.41, 5.74) is -2.27. The Morgan fingerprint density at radius 3 is 2.36 bits per heavy atom. The number of hydrogen-bond acceptors (Lipinski definition) is 3. The van der Waals surface area contributed by atoms with E-state index < -0.39 is 23.4 Å². The summed E-state index contributed by atoms with van der Waals surface area (Å²) < 4.78 is 44.2. The quantitative estimate of drug-likeness (QED) is 0.834. The Hall–Kier alpha value is -0.980. The first-order valence-electron chi connectivity index (χ1n) is 7.84. The second kappa shape index (κ2) is 5.91. The molecule has 7 heteroatoms. The van der Waals surface area contributed by atoms with E-state index in [0.29, 0.717) is 6.54 Å². The number of carbonyl (C=O) groups is 1. The molecule has 0 aliphatic heterocycles. The minimum absolute atomic E-state index is 0.0207. The van der Waals surface area contributed by atoms with Gasteiger partial charge < -0.3 is 15.4 Å². The highest BCUT2D eigenvalue weighted by Gasteiger charge is 2.64. The van der Waals surface area contributed by atoms with Crippen molar-refractivity contribution >= 4 is 6.09 Å². The first-order valence-corrected chi connectivity index (χ1v) is 7.84. The van der Waals surface area contributed by atoms with Gasteiger partial charge in [-0.2, -0.15) is 13.2 Å². The molecule has 2 aliphatic rings. The maximum absolute atomic E-state index is 13.0. The van der Waals surface area contributed by atoms with Crippen molar-refractivity contribution in [2.75, 3.05) is 6.54 Å². The molecule has 2 rings (SSSR count). The highest BCUT2D eigenvalue weighted by Crippen LogP contribution is 2.50. The van der Waals surface area contributed by atoms with Crippen LogP contribution in [0, 0.1) is 5.92 Å². The Morgan fingerprint density at radius 2 is 1.86 bits per heavy atom. The van der Waals surface area contributed by atoms with Crippen LogP contribution in [-0.4, -0.2) is 36.0 Å². The summed E-state index contributed by atoms with van der Waals surface area (Å²) in [7, 11) is 0. The lowest BCUT2D eigenvalue weighted by Crippen LogP contribution is -2.52. The fourth-order valence-corrected chi connectivity index (χ4v) is 2.99. The van der Waals surface area contributed by atoms with Crippen LogP contribution in [0.3, 0.4) is 0 Å². The molecule has 4 nitrogen and oxygen atoms in total. The molecule has 2 atom stereocenters. The molecule has 1 amide bonds. The highest BCUT2D eigenvalue weighted by atomic mass is 19.4. The largest absolute Gasteiger partial charge is 0.444 e. The van der Waals surface area contributed by atoms with Gasteiger partial charge in [0, 0.05) is 12.6 Å². The maximum Gasteiger partial charge on any atom is 0.407 e. The molecule has 2 unspecified atom stereocenters. The van der Waals surface area contributed by atoms with E-state index in [4.69, 9.17) is 4.74 Å². The van der Waals surface area contributed by atoms with Crippen LogP contribution in [0.2, 0.25) is 0 Å². The fourth-order valence-electron chi connectivity index (χ4n) is 2.99. The first kappa shape index (κ1) is 17.4. The van der Waals surface area contributed by atoms with Gasteiger partial charge in [-0.05, 0) is 52.4 Å². The number of alkyl carbamates (subject to hydrolysis) is 1. The van der Waals surface area contributed by atoms with E-state index in [-0.39, 0.29) is 24.8 Å². The van der Waals surface area contributed by atoms with Gasteiger partial charge in [0.05, 0.1) is 0 Å². The number of nitrogens with one attached hydrogen (secondary N) is 2. The summed E-state index contributed by atoms with van der Waals surface area (Å²) in [6.07, 6.45) is -1.99. The standard InChI is InChI=1S/C15H25F3N2O2/c1-13(2,3)22-12(21)19-9-10-5-4-6-11(10)20-14(7-8-14)15(16,17)18/h10-11,20H,4-9H2,1-3H3,(H,19,21). The zero-order chi connectivity index (χ0) is 16.6. The SMILES string of the molecule is CC(C)(C)OC(=O)NCC1CCCC1NC1(C(F)(F)F)CC1. The Morgan fingerprint density at radius 1 is 1.23 bits per heavy atom. The average Bonchev–Trinajstić information content (AvgIpc) is 2.98. The second-order valence-electron chi connectivity index (χ2n) is 7.40. The van der Waals surface area contributed by atoms with Gasteiger partial charge in [-0.3, -0.25) is 0 Å². The molecule has 2 saturated carbocycles. The van der Waals surface area contributed by atoms with Crippen LogP contribution in [0.4, 0.5) is 18.0 Å². The minimum atomic E-state index is -4.20. The van der Waals surface area contributed by atoms with Crippen molar-refractivity contribution in [3.05, 3.63) is 0 Å². The molecule has 22 heavy (non-hydrogen) atoms. The first-order chi connectivity index (χ1) is 10.0. The van der Waals surface area contributed by atoms with Gasteiger partial charge in [0.15, 0.2) is 0 Å². The van der Waals surface area contributed by atoms with Gasteiger partial charge in [0.25, 0.3) is 0 Å². The number of hydrogen-bond donors (Lipinski definition) is 2. The Kier molecular flexibility index (Phi) is 4.66. The Labute approximate surface area is 129 Å². The number of rotatable bonds is 4. The summed E-state index contributed by atoms with van der Waals surface area (Å²) in [5, 5.41) is 5.48. The van der Waals surface area contributed by atoms with Gasteiger partial charge in [-0.15, -0.1) is 0 Å². The van der Waals surface area contributed by atoms with E-state index in [2.05, 4.69) is 10.6 Å². The highest BCUT2D eigenvalue weighted by molar-refractivity contribution is 5.67. The number of alkyl halides is 3.